The molecule has 1 heterocycles. The van der Waals surface area contributed by atoms with E-state index in [2.05, 4.69) is 5.32 Å². The highest BCUT2D eigenvalue weighted by Gasteiger charge is 2.27. The van der Waals surface area contributed by atoms with Crippen LogP contribution in [0.15, 0.2) is 35.2 Å². The van der Waals surface area contributed by atoms with Gasteiger partial charge >= 0.3 is 0 Å². The minimum atomic E-state index is -0.301. The van der Waals surface area contributed by atoms with Crippen molar-refractivity contribution in [1.29, 1.82) is 0 Å². The second-order valence-electron chi connectivity index (χ2n) is 3.16. The highest BCUT2D eigenvalue weighted by Crippen LogP contribution is 2.31. The maximum atomic E-state index is 11.4. The summed E-state index contributed by atoms with van der Waals surface area (Å²) in [6.45, 7) is 1.84. The molecule has 76 valence electrons. The topological polar surface area (TPSA) is 46.2 Å². The fourth-order valence-corrected chi connectivity index (χ4v) is 2.12. The van der Waals surface area contributed by atoms with Gasteiger partial charge in [-0.2, -0.15) is 0 Å². The van der Waals surface area contributed by atoms with Crippen LogP contribution in [0.2, 0.25) is 0 Å². The molecule has 0 unspecified atom stereocenters. The molecule has 1 aliphatic rings. The molecule has 2 amide bonds. The number of allylic oxidation sites excluding steroid dienone is 1. The minimum Gasteiger partial charge on any atom is -0.282 e. The molecule has 3 nitrogen and oxygen atoms in total. The van der Waals surface area contributed by atoms with Crippen molar-refractivity contribution in [3.63, 3.8) is 0 Å². The summed E-state index contributed by atoms with van der Waals surface area (Å²) in [6, 6.07) is 9.55. The van der Waals surface area contributed by atoms with Crippen molar-refractivity contribution in [3.8, 4) is 0 Å². The van der Waals surface area contributed by atoms with Gasteiger partial charge < -0.3 is 0 Å². The molecular weight excluding hydrogens is 210 g/mol. The van der Waals surface area contributed by atoms with Crippen LogP contribution in [-0.2, 0) is 4.79 Å². The largest absolute Gasteiger partial charge is 0.290 e. The van der Waals surface area contributed by atoms with Crippen LogP contribution in [0.1, 0.15) is 12.5 Å². The molecule has 0 saturated carbocycles. The lowest BCUT2D eigenvalue weighted by Crippen LogP contribution is -2.18. The smallest absolute Gasteiger partial charge is 0.282 e. The molecule has 15 heavy (non-hydrogen) atoms. The highest BCUT2D eigenvalue weighted by atomic mass is 32.2. The Hall–Kier alpha value is -1.55. The van der Waals surface area contributed by atoms with Crippen LogP contribution in [0, 0.1) is 0 Å². The Morgan fingerprint density at radius 2 is 1.87 bits per heavy atom. The van der Waals surface area contributed by atoms with Gasteiger partial charge in [-0.3, -0.25) is 14.9 Å². The van der Waals surface area contributed by atoms with Crippen molar-refractivity contribution in [3.05, 3.63) is 40.8 Å². The van der Waals surface area contributed by atoms with E-state index in [4.69, 9.17) is 0 Å². The zero-order valence-electron chi connectivity index (χ0n) is 8.11. The first-order chi connectivity index (χ1) is 7.18. The van der Waals surface area contributed by atoms with Gasteiger partial charge in [0.1, 0.15) is 0 Å². The zero-order valence-corrected chi connectivity index (χ0v) is 8.93. The third-order valence-electron chi connectivity index (χ3n) is 2.16. The summed E-state index contributed by atoms with van der Waals surface area (Å²) >= 11 is 0.957. The van der Waals surface area contributed by atoms with Crippen molar-refractivity contribution in [2.75, 3.05) is 0 Å². The lowest BCUT2D eigenvalue weighted by Gasteiger charge is -2.02. The number of carbonyl (C=O) groups is 2. The van der Waals surface area contributed by atoms with Crippen LogP contribution in [0.25, 0.3) is 5.57 Å². The van der Waals surface area contributed by atoms with E-state index in [0.717, 1.165) is 22.9 Å². The number of thioether (sulfide) groups is 1. The lowest BCUT2D eigenvalue weighted by molar-refractivity contribution is -0.115. The van der Waals surface area contributed by atoms with Crippen LogP contribution < -0.4 is 5.32 Å². The number of hydrogen-bond donors (Lipinski definition) is 1. The molecule has 1 saturated heterocycles. The minimum absolute atomic E-state index is 0.300. The predicted molar refractivity (Wildman–Crippen MR) is 60.2 cm³/mol. The van der Waals surface area contributed by atoms with Crippen LogP contribution >= 0.6 is 11.8 Å². The second-order valence-corrected chi connectivity index (χ2v) is 4.15. The van der Waals surface area contributed by atoms with Crippen LogP contribution in [0.3, 0.4) is 0 Å². The summed E-state index contributed by atoms with van der Waals surface area (Å²) in [7, 11) is 0. The lowest BCUT2D eigenvalue weighted by atomic mass is 10.1. The molecule has 0 aliphatic carbocycles. The van der Waals surface area contributed by atoms with Crippen LogP contribution in [0.4, 0.5) is 4.79 Å². The molecule has 2 rings (SSSR count). The van der Waals surface area contributed by atoms with E-state index < -0.39 is 0 Å². The first-order valence-electron chi connectivity index (χ1n) is 4.48. The first kappa shape index (κ1) is 9.98. The summed E-state index contributed by atoms with van der Waals surface area (Å²) in [5.41, 5.74) is 1.80. The number of carbonyl (C=O) groups excluding carboxylic acids is 2. The number of nitrogens with one attached hydrogen (secondary N) is 1. The van der Waals surface area contributed by atoms with Gasteiger partial charge in [-0.15, -0.1) is 0 Å². The maximum Gasteiger partial charge on any atom is 0.290 e. The molecule has 0 bridgehead atoms. The quantitative estimate of drug-likeness (QED) is 0.738. The van der Waals surface area contributed by atoms with Crippen LogP contribution in [-0.4, -0.2) is 11.1 Å². The number of imide groups is 1. The Balaban J connectivity index is 2.42. The van der Waals surface area contributed by atoms with Gasteiger partial charge in [0.25, 0.3) is 11.1 Å². The van der Waals surface area contributed by atoms with Gasteiger partial charge in [0.2, 0.25) is 0 Å². The van der Waals surface area contributed by atoms with E-state index in [1.165, 1.54) is 0 Å². The van der Waals surface area contributed by atoms with Gasteiger partial charge in [0.15, 0.2) is 0 Å². The second kappa shape index (κ2) is 3.90. The van der Waals surface area contributed by atoms with Crippen molar-refractivity contribution < 1.29 is 9.59 Å². The monoisotopic (exact) mass is 219 g/mol. The molecular formula is C11H9NO2S. The van der Waals surface area contributed by atoms with Gasteiger partial charge in [-0.05, 0) is 29.8 Å². The number of amides is 2. The normalized spacial score (nSPS) is 19.0. The summed E-state index contributed by atoms with van der Waals surface area (Å²) in [5, 5.41) is 1.94. The highest BCUT2D eigenvalue weighted by molar-refractivity contribution is 8.18. The summed E-state index contributed by atoms with van der Waals surface area (Å²) < 4.78 is 0. The standard InChI is InChI=1S/C11H9NO2S/c1-7(8-5-3-2-4-6-8)9-10(13)12-11(14)15-9/h2-6H,1H3,(H,12,13,14)/b9-7+. The van der Waals surface area contributed by atoms with E-state index in [0.29, 0.717) is 4.91 Å². The van der Waals surface area contributed by atoms with Crippen molar-refractivity contribution in [2.24, 2.45) is 0 Å². The molecule has 1 aromatic rings. The fourth-order valence-electron chi connectivity index (χ4n) is 1.38. The number of benzene rings is 1. The Kier molecular flexibility index (Phi) is 2.60. The zero-order chi connectivity index (χ0) is 10.8. The summed E-state index contributed by atoms with van der Waals surface area (Å²) in [4.78, 5) is 22.9. The van der Waals surface area contributed by atoms with E-state index in [1.807, 2.05) is 37.3 Å². The first-order valence-corrected chi connectivity index (χ1v) is 5.29. The third kappa shape index (κ3) is 1.94. The van der Waals surface area contributed by atoms with E-state index in [9.17, 15) is 9.59 Å². The Morgan fingerprint density at radius 3 is 2.40 bits per heavy atom. The van der Waals surface area contributed by atoms with E-state index in [-0.39, 0.29) is 11.1 Å². The van der Waals surface area contributed by atoms with Crippen LogP contribution in [0.5, 0.6) is 0 Å². The fraction of sp³-hybridized carbons (Fsp3) is 0.0909. The molecule has 1 aromatic carbocycles. The van der Waals surface area contributed by atoms with Gasteiger partial charge in [-0.1, -0.05) is 30.3 Å². The molecule has 0 spiro atoms. The van der Waals surface area contributed by atoms with Gasteiger partial charge in [0, 0.05) is 0 Å². The van der Waals surface area contributed by atoms with Crippen molar-refractivity contribution in [2.45, 2.75) is 6.92 Å². The summed E-state index contributed by atoms with van der Waals surface area (Å²) in [5.74, 6) is -0.300. The average molecular weight is 219 g/mol. The molecule has 1 aliphatic heterocycles. The molecule has 0 aromatic heterocycles. The van der Waals surface area contributed by atoms with Gasteiger partial charge in [-0.25, -0.2) is 0 Å². The molecule has 0 atom stereocenters. The Bertz CT molecular complexity index is 451. The van der Waals surface area contributed by atoms with Gasteiger partial charge in [0.05, 0.1) is 4.91 Å². The number of rotatable bonds is 1. The molecule has 0 radical (unpaired) electrons. The Morgan fingerprint density at radius 1 is 1.20 bits per heavy atom. The third-order valence-corrected chi connectivity index (χ3v) is 3.15. The molecule has 1 N–H and O–H groups in total. The number of hydrogen-bond acceptors (Lipinski definition) is 3. The predicted octanol–water partition coefficient (Wildman–Crippen LogP) is 2.40. The maximum absolute atomic E-state index is 11.4. The Labute approximate surface area is 91.6 Å². The molecule has 4 heteroatoms. The average Bonchev–Trinajstić information content (AvgIpc) is 2.58. The van der Waals surface area contributed by atoms with E-state index in [1.54, 1.807) is 0 Å². The molecule has 1 fully saturated rings. The van der Waals surface area contributed by atoms with Crippen molar-refractivity contribution in [1.82, 2.24) is 5.32 Å². The van der Waals surface area contributed by atoms with Crippen molar-refractivity contribution >= 4 is 28.5 Å². The van der Waals surface area contributed by atoms with E-state index >= 15 is 0 Å². The summed E-state index contributed by atoms with van der Waals surface area (Å²) in [6.07, 6.45) is 0. The SMILES string of the molecule is C/C(=C1\SC(=O)NC1=O)c1ccccc1.